The number of hydrogen-bond acceptors (Lipinski definition) is 4. The molecule has 0 saturated heterocycles. The largest absolute Gasteiger partial charge is 0.438 e. The van der Waals surface area contributed by atoms with Crippen molar-refractivity contribution >= 4 is 17.5 Å². The molecule has 0 aliphatic rings. The molecule has 1 heterocycles. The van der Waals surface area contributed by atoms with Gasteiger partial charge in [0.2, 0.25) is 5.88 Å². The lowest BCUT2D eigenvalue weighted by Crippen LogP contribution is -2.31. The van der Waals surface area contributed by atoms with Crippen LogP contribution < -0.4 is 10.1 Å². The molecule has 2 N–H and O–H groups in total. The van der Waals surface area contributed by atoms with Gasteiger partial charge < -0.3 is 15.2 Å². The van der Waals surface area contributed by atoms with E-state index in [1.54, 1.807) is 36.4 Å². The van der Waals surface area contributed by atoms with Gasteiger partial charge in [0.1, 0.15) is 11.3 Å². The lowest BCUT2D eigenvalue weighted by molar-refractivity contribution is 0.0913. The maximum atomic E-state index is 12.7. The molecule has 2 aromatic carbocycles. The van der Waals surface area contributed by atoms with E-state index in [0.717, 1.165) is 5.56 Å². The second-order valence-corrected chi connectivity index (χ2v) is 5.97. The summed E-state index contributed by atoms with van der Waals surface area (Å²) in [4.78, 5) is 16.8. The van der Waals surface area contributed by atoms with E-state index >= 15 is 0 Å². The number of aliphatic hydroxyl groups excluding tert-OH is 1. The van der Waals surface area contributed by atoms with Gasteiger partial charge >= 0.3 is 0 Å². The number of carbonyl (C=O) groups excluding carboxylic acids is 1. The Hall–Kier alpha value is -2.89. The Morgan fingerprint density at radius 1 is 1.12 bits per heavy atom. The maximum absolute atomic E-state index is 12.7. The predicted octanol–water partition coefficient (Wildman–Crippen LogP) is 3.99. The highest BCUT2D eigenvalue weighted by molar-refractivity contribution is 6.30. The quantitative estimate of drug-likeness (QED) is 0.690. The highest BCUT2D eigenvalue weighted by atomic mass is 35.5. The summed E-state index contributed by atoms with van der Waals surface area (Å²) in [6.07, 6.45) is 1.54. The molecule has 0 saturated carbocycles. The Kier molecular flexibility index (Phi) is 5.84. The van der Waals surface area contributed by atoms with Gasteiger partial charge in [-0.1, -0.05) is 48.0 Å². The van der Waals surface area contributed by atoms with Gasteiger partial charge in [0, 0.05) is 11.2 Å². The molecule has 0 radical (unpaired) electrons. The second kappa shape index (κ2) is 8.47. The maximum Gasteiger partial charge on any atom is 0.257 e. The number of halogens is 1. The molecular formula is C20H17ClN2O3. The number of benzene rings is 2. The molecule has 1 amide bonds. The van der Waals surface area contributed by atoms with Gasteiger partial charge in [-0.2, -0.15) is 0 Å². The zero-order valence-corrected chi connectivity index (χ0v) is 14.6. The number of ether oxygens (including phenoxy) is 1. The molecule has 3 aromatic rings. The summed E-state index contributed by atoms with van der Waals surface area (Å²) in [6.45, 7) is -0.222. The molecule has 3 rings (SSSR count). The first-order valence-corrected chi connectivity index (χ1v) is 8.40. The third kappa shape index (κ3) is 4.39. The lowest BCUT2D eigenvalue weighted by Gasteiger charge is -2.17. The van der Waals surface area contributed by atoms with Crippen LogP contribution in [-0.4, -0.2) is 22.6 Å². The van der Waals surface area contributed by atoms with E-state index in [1.807, 2.05) is 30.3 Å². The predicted molar refractivity (Wildman–Crippen MR) is 99.5 cm³/mol. The SMILES string of the molecule is O=C(N[C@H](CO)c1ccccc1)c1cccnc1Oc1cccc(Cl)c1. The topological polar surface area (TPSA) is 71.5 Å². The average Bonchev–Trinajstić information content (AvgIpc) is 2.67. The molecule has 0 spiro atoms. The molecule has 0 unspecified atom stereocenters. The summed E-state index contributed by atoms with van der Waals surface area (Å²) in [5.74, 6) is 0.252. The molecular weight excluding hydrogens is 352 g/mol. The van der Waals surface area contributed by atoms with E-state index in [4.69, 9.17) is 16.3 Å². The van der Waals surface area contributed by atoms with E-state index in [9.17, 15) is 9.90 Å². The number of aromatic nitrogens is 1. The average molecular weight is 369 g/mol. The van der Waals surface area contributed by atoms with E-state index in [0.29, 0.717) is 10.8 Å². The van der Waals surface area contributed by atoms with Gasteiger partial charge in [0.05, 0.1) is 12.6 Å². The van der Waals surface area contributed by atoms with Gasteiger partial charge in [-0.05, 0) is 35.9 Å². The Balaban J connectivity index is 1.81. The van der Waals surface area contributed by atoms with Crippen LogP contribution in [0, 0.1) is 0 Å². The van der Waals surface area contributed by atoms with Crippen LogP contribution in [0.5, 0.6) is 11.6 Å². The molecule has 6 heteroatoms. The minimum absolute atomic E-state index is 0.164. The standard InChI is InChI=1S/C20H17ClN2O3/c21-15-8-4-9-16(12-15)26-20-17(10-5-11-22-20)19(25)23-18(13-24)14-6-2-1-3-7-14/h1-12,18,24H,13H2,(H,23,25)/t18-/m1/s1. The van der Waals surface area contributed by atoms with E-state index in [2.05, 4.69) is 10.3 Å². The van der Waals surface area contributed by atoms with Crippen molar-refractivity contribution in [1.82, 2.24) is 10.3 Å². The molecule has 0 fully saturated rings. The highest BCUT2D eigenvalue weighted by Gasteiger charge is 2.19. The van der Waals surface area contributed by atoms with E-state index in [-0.39, 0.29) is 18.1 Å². The number of amides is 1. The molecule has 26 heavy (non-hydrogen) atoms. The highest BCUT2D eigenvalue weighted by Crippen LogP contribution is 2.25. The summed E-state index contributed by atoms with van der Waals surface area (Å²) >= 11 is 5.96. The van der Waals surface area contributed by atoms with Crippen LogP contribution in [0.3, 0.4) is 0 Å². The van der Waals surface area contributed by atoms with Crippen LogP contribution in [0.1, 0.15) is 22.0 Å². The number of nitrogens with one attached hydrogen (secondary N) is 1. The molecule has 132 valence electrons. The molecule has 1 aromatic heterocycles. The van der Waals surface area contributed by atoms with Crippen molar-refractivity contribution < 1.29 is 14.6 Å². The Bertz CT molecular complexity index is 887. The fourth-order valence-electron chi connectivity index (χ4n) is 2.44. The minimum atomic E-state index is -0.525. The van der Waals surface area contributed by atoms with Crippen LogP contribution in [-0.2, 0) is 0 Å². The number of pyridine rings is 1. The summed E-state index contributed by atoms with van der Waals surface area (Å²) in [5, 5.41) is 13.0. The smallest absolute Gasteiger partial charge is 0.257 e. The zero-order valence-electron chi connectivity index (χ0n) is 13.8. The minimum Gasteiger partial charge on any atom is -0.438 e. The monoisotopic (exact) mass is 368 g/mol. The third-order valence-electron chi connectivity index (χ3n) is 3.72. The van der Waals surface area contributed by atoms with Gasteiger partial charge in [0.25, 0.3) is 5.91 Å². The summed E-state index contributed by atoms with van der Waals surface area (Å²) in [7, 11) is 0. The van der Waals surface area contributed by atoms with Crippen LogP contribution in [0.4, 0.5) is 0 Å². The fourth-order valence-corrected chi connectivity index (χ4v) is 2.62. The van der Waals surface area contributed by atoms with Crippen molar-refractivity contribution in [3.05, 3.63) is 89.1 Å². The second-order valence-electron chi connectivity index (χ2n) is 5.53. The van der Waals surface area contributed by atoms with Crippen molar-refractivity contribution in [1.29, 1.82) is 0 Å². The summed E-state index contributed by atoms with van der Waals surface area (Å²) in [6, 6.07) is 18.8. The van der Waals surface area contributed by atoms with Gasteiger partial charge in [-0.3, -0.25) is 4.79 Å². The number of hydrogen-bond donors (Lipinski definition) is 2. The van der Waals surface area contributed by atoms with Gasteiger partial charge in [-0.15, -0.1) is 0 Å². The normalized spacial score (nSPS) is 11.6. The van der Waals surface area contributed by atoms with Crippen molar-refractivity contribution in [2.45, 2.75) is 6.04 Å². The molecule has 0 bridgehead atoms. The summed E-state index contributed by atoms with van der Waals surface area (Å²) < 4.78 is 5.71. The van der Waals surface area contributed by atoms with Crippen molar-refractivity contribution in [3.63, 3.8) is 0 Å². The zero-order chi connectivity index (χ0) is 18.4. The van der Waals surface area contributed by atoms with E-state index < -0.39 is 11.9 Å². The van der Waals surface area contributed by atoms with Crippen LogP contribution in [0.2, 0.25) is 5.02 Å². The van der Waals surface area contributed by atoms with Gasteiger partial charge in [-0.25, -0.2) is 4.98 Å². The first kappa shape index (κ1) is 17.9. The number of rotatable bonds is 6. The third-order valence-corrected chi connectivity index (χ3v) is 3.95. The Morgan fingerprint density at radius 3 is 2.65 bits per heavy atom. The van der Waals surface area contributed by atoms with Crippen molar-refractivity contribution in [2.24, 2.45) is 0 Å². The summed E-state index contributed by atoms with van der Waals surface area (Å²) in [5.41, 5.74) is 1.08. The molecule has 0 aliphatic carbocycles. The van der Waals surface area contributed by atoms with Gasteiger partial charge in [0.15, 0.2) is 0 Å². The lowest BCUT2D eigenvalue weighted by atomic mass is 10.1. The van der Waals surface area contributed by atoms with Crippen LogP contribution in [0.25, 0.3) is 0 Å². The van der Waals surface area contributed by atoms with Crippen LogP contribution in [0.15, 0.2) is 72.9 Å². The van der Waals surface area contributed by atoms with Crippen LogP contribution >= 0.6 is 11.6 Å². The van der Waals surface area contributed by atoms with Crippen molar-refractivity contribution in [3.8, 4) is 11.6 Å². The fraction of sp³-hybridized carbons (Fsp3) is 0.100. The number of nitrogens with zero attached hydrogens (tertiary/aromatic N) is 1. The molecule has 5 nitrogen and oxygen atoms in total. The molecule has 1 atom stereocenters. The first-order valence-electron chi connectivity index (χ1n) is 8.02. The Morgan fingerprint density at radius 2 is 1.92 bits per heavy atom. The number of aliphatic hydroxyl groups is 1. The van der Waals surface area contributed by atoms with Crippen molar-refractivity contribution in [2.75, 3.05) is 6.61 Å². The number of carbonyl (C=O) groups is 1. The molecule has 0 aliphatic heterocycles. The van der Waals surface area contributed by atoms with E-state index in [1.165, 1.54) is 6.20 Å². The Labute approximate surface area is 156 Å². The first-order chi connectivity index (χ1) is 12.7.